The van der Waals surface area contributed by atoms with Crippen LogP contribution in [0.2, 0.25) is 0 Å². The first kappa shape index (κ1) is 12.7. The molecule has 0 bridgehead atoms. The second-order valence-electron chi connectivity index (χ2n) is 4.87. The summed E-state index contributed by atoms with van der Waals surface area (Å²) in [5.74, 6) is 2.00. The molecule has 0 radical (unpaired) electrons. The number of H-pyrrole nitrogens is 1. The molecule has 2 heterocycles. The van der Waals surface area contributed by atoms with Crippen molar-refractivity contribution in [3.8, 4) is 11.6 Å². The van der Waals surface area contributed by atoms with Gasteiger partial charge in [0.1, 0.15) is 0 Å². The fraction of sp³-hybridized carbons (Fsp3) is 0.462. The van der Waals surface area contributed by atoms with Gasteiger partial charge in [0, 0.05) is 24.6 Å². The largest absolute Gasteiger partial charge is 0.338 e. The summed E-state index contributed by atoms with van der Waals surface area (Å²) in [6.07, 6.45) is 5.41. The molecule has 0 saturated heterocycles. The van der Waals surface area contributed by atoms with Gasteiger partial charge >= 0.3 is 0 Å². The molecule has 0 aromatic carbocycles. The van der Waals surface area contributed by atoms with Gasteiger partial charge in [0.2, 0.25) is 0 Å². The lowest BCUT2D eigenvalue weighted by Crippen LogP contribution is -2.19. The second kappa shape index (κ2) is 5.73. The highest BCUT2D eigenvalue weighted by molar-refractivity contribution is 5.42. The summed E-state index contributed by atoms with van der Waals surface area (Å²) in [7, 11) is 0. The summed E-state index contributed by atoms with van der Waals surface area (Å²) in [4.78, 5) is 16.0. The molecule has 0 aliphatic carbocycles. The maximum absolute atomic E-state index is 4.29. The Morgan fingerprint density at radius 2 is 1.89 bits per heavy atom. The van der Waals surface area contributed by atoms with Gasteiger partial charge in [-0.15, -0.1) is 0 Å². The van der Waals surface area contributed by atoms with E-state index in [2.05, 4.69) is 39.1 Å². The van der Waals surface area contributed by atoms with Crippen molar-refractivity contribution in [2.45, 2.75) is 27.3 Å². The predicted octanol–water partition coefficient (Wildman–Crippen LogP) is 1.92. The summed E-state index contributed by atoms with van der Waals surface area (Å²) >= 11 is 0. The van der Waals surface area contributed by atoms with Crippen molar-refractivity contribution in [2.24, 2.45) is 5.92 Å². The van der Waals surface area contributed by atoms with Crippen molar-refractivity contribution in [3.05, 3.63) is 29.8 Å². The average molecular weight is 245 g/mol. The van der Waals surface area contributed by atoms with Gasteiger partial charge in [-0.2, -0.15) is 0 Å². The Hall–Kier alpha value is -1.75. The van der Waals surface area contributed by atoms with Crippen molar-refractivity contribution in [1.82, 2.24) is 25.3 Å². The fourth-order valence-corrected chi connectivity index (χ4v) is 1.57. The van der Waals surface area contributed by atoms with Gasteiger partial charge < -0.3 is 10.3 Å². The van der Waals surface area contributed by atoms with Crippen LogP contribution in [-0.4, -0.2) is 26.5 Å². The molecule has 0 amide bonds. The van der Waals surface area contributed by atoms with Crippen molar-refractivity contribution in [3.63, 3.8) is 0 Å². The molecule has 5 nitrogen and oxygen atoms in total. The number of hydrogen-bond donors (Lipinski definition) is 2. The third-order valence-corrected chi connectivity index (χ3v) is 2.49. The van der Waals surface area contributed by atoms with Gasteiger partial charge in [-0.05, 0) is 24.9 Å². The van der Waals surface area contributed by atoms with Crippen LogP contribution in [0.3, 0.4) is 0 Å². The minimum atomic E-state index is 0.635. The van der Waals surface area contributed by atoms with Crippen LogP contribution in [0, 0.1) is 12.8 Å². The van der Waals surface area contributed by atoms with Crippen LogP contribution in [0.15, 0.2) is 18.6 Å². The molecule has 0 saturated carbocycles. The van der Waals surface area contributed by atoms with Gasteiger partial charge in [-0.3, -0.25) is 0 Å². The molecule has 5 heteroatoms. The molecule has 0 aliphatic heterocycles. The normalized spacial score (nSPS) is 11.1. The molecular formula is C13H19N5. The van der Waals surface area contributed by atoms with Crippen LogP contribution in [0.5, 0.6) is 0 Å². The van der Waals surface area contributed by atoms with E-state index < -0.39 is 0 Å². The predicted molar refractivity (Wildman–Crippen MR) is 70.9 cm³/mol. The number of rotatable bonds is 5. The Bertz CT molecular complexity index is 486. The average Bonchev–Trinajstić information content (AvgIpc) is 2.78. The zero-order valence-electron chi connectivity index (χ0n) is 11.1. The molecule has 0 spiro atoms. The highest BCUT2D eigenvalue weighted by Gasteiger charge is 2.05. The monoisotopic (exact) mass is 245 g/mol. The standard InChI is InChI=1S/C13H19N5/c1-9(2)4-14-7-11-8-17-13(18-11)12-15-5-10(3)6-16-12/h5-6,8-9,14H,4,7H2,1-3H3,(H,17,18). The Kier molecular flexibility index (Phi) is 4.04. The molecule has 2 rings (SSSR count). The second-order valence-corrected chi connectivity index (χ2v) is 4.87. The first-order valence-electron chi connectivity index (χ1n) is 6.19. The van der Waals surface area contributed by atoms with E-state index in [0.29, 0.717) is 11.7 Å². The van der Waals surface area contributed by atoms with Gasteiger partial charge in [-0.25, -0.2) is 15.0 Å². The van der Waals surface area contributed by atoms with Crippen molar-refractivity contribution in [1.29, 1.82) is 0 Å². The van der Waals surface area contributed by atoms with E-state index >= 15 is 0 Å². The van der Waals surface area contributed by atoms with E-state index in [1.54, 1.807) is 12.4 Å². The molecule has 0 unspecified atom stereocenters. The summed E-state index contributed by atoms with van der Waals surface area (Å²) in [5, 5.41) is 3.36. The van der Waals surface area contributed by atoms with E-state index in [4.69, 9.17) is 0 Å². The minimum absolute atomic E-state index is 0.635. The maximum atomic E-state index is 4.29. The van der Waals surface area contributed by atoms with Crippen molar-refractivity contribution in [2.75, 3.05) is 6.54 Å². The molecule has 96 valence electrons. The SMILES string of the molecule is Cc1cnc(-c2ncc(CNCC(C)C)[nH]2)nc1. The van der Waals surface area contributed by atoms with E-state index in [1.807, 2.05) is 13.1 Å². The molecule has 0 atom stereocenters. The number of aryl methyl sites for hydroxylation is 1. The van der Waals surface area contributed by atoms with E-state index in [-0.39, 0.29) is 0 Å². The number of hydrogen-bond acceptors (Lipinski definition) is 4. The number of imidazole rings is 1. The summed E-state index contributed by atoms with van der Waals surface area (Å²) < 4.78 is 0. The molecule has 0 fully saturated rings. The van der Waals surface area contributed by atoms with Gasteiger partial charge in [0.15, 0.2) is 11.6 Å². The lowest BCUT2D eigenvalue weighted by Gasteiger charge is -2.05. The van der Waals surface area contributed by atoms with Crippen molar-refractivity contribution >= 4 is 0 Å². The zero-order valence-corrected chi connectivity index (χ0v) is 11.1. The van der Waals surface area contributed by atoms with E-state index in [1.165, 1.54) is 0 Å². The topological polar surface area (TPSA) is 66.5 Å². The molecule has 2 N–H and O–H groups in total. The molecule has 18 heavy (non-hydrogen) atoms. The molecule has 0 aliphatic rings. The van der Waals surface area contributed by atoms with Crippen LogP contribution >= 0.6 is 0 Å². The van der Waals surface area contributed by atoms with E-state index in [9.17, 15) is 0 Å². The molecular weight excluding hydrogens is 226 g/mol. The third kappa shape index (κ3) is 3.37. The summed E-state index contributed by atoms with van der Waals surface area (Å²) in [6.45, 7) is 8.12. The maximum Gasteiger partial charge on any atom is 0.195 e. The molecule has 2 aromatic heterocycles. The highest BCUT2D eigenvalue weighted by Crippen LogP contribution is 2.09. The first-order chi connectivity index (χ1) is 8.65. The summed E-state index contributed by atoms with van der Waals surface area (Å²) in [6, 6.07) is 0. The first-order valence-corrected chi connectivity index (χ1v) is 6.19. The fourth-order valence-electron chi connectivity index (χ4n) is 1.57. The molecule has 2 aromatic rings. The smallest absolute Gasteiger partial charge is 0.195 e. The Morgan fingerprint density at radius 3 is 2.56 bits per heavy atom. The van der Waals surface area contributed by atoms with Crippen LogP contribution in [0.1, 0.15) is 25.1 Å². The van der Waals surface area contributed by atoms with E-state index in [0.717, 1.165) is 30.2 Å². The number of aromatic amines is 1. The van der Waals surface area contributed by atoms with Crippen LogP contribution < -0.4 is 5.32 Å². The van der Waals surface area contributed by atoms with Gasteiger partial charge in [0.05, 0.1) is 6.20 Å². The Labute approximate surface area is 107 Å². The zero-order chi connectivity index (χ0) is 13.0. The van der Waals surface area contributed by atoms with Crippen LogP contribution in [0.25, 0.3) is 11.6 Å². The Morgan fingerprint density at radius 1 is 1.17 bits per heavy atom. The Balaban J connectivity index is 1.99. The number of aromatic nitrogens is 4. The summed E-state index contributed by atoms with van der Waals surface area (Å²) in [5.41, 5.74) is 2.10. The lowest BCUT2D eigenvalue weighted by molar-refractivity contribution is 0.549. The number of nitrogens with zero attached hydrogens (tertiary/aromatic N) is 3. The van der Waals surface area contributed by atoms with Crippen molar-refractivity contribution < 1.29 is 0 Å². The quantitative estimate of drug-likeness (QED) is 0.844. The van der Waals surface area contributed by atoms with Crippen LogP contribution in [0.4, 0.5) is 0 Å². The number of nitrogens with one attached hydrogen (secondary N) is 2. The van der Waals surface area contributed by atoms with Gasteiger partial charge in [0.25, 0.3) is 0 Å². The van der Waals surface area contributed by atoms with Gasteiger partial charge in [-0.1, -0.05) is 13.8 Å². The third-order valence-electron chi connectivity index (χ3n) is 2.49. The van der Waals surface area contributed by atoms with Crippen LogP contribution in [-0.2, 0) is 6.54 Å². The lowest BCUT2D eigenvalue weighted by atomic mass is 10.2. The minimum Gasteiger partial charge on any atom is -0.338 e. The highest BCUT2D eigenvalue weighted by atomic mass is 15.0.